The highest BCUT2D eigenvalue weighted by molar-refractivity contribution is 4.80. The van der Waals surface area contributed by atoms with Crippen LogP contribution in [0.1, 0.15) is 19.8 Å². The maximum absolute atomic E-state index is 8.91. The largest absolute Gasteiger partial charge is 0.390 e. The highest BCUT2D eigenvalue weighted by Crippen LogP contribution is 2.22. The molecule has 0 bridgehead atoms. The predicted octanol–water partition coefficient (Wildman–Crippen LogP) is 0.546. The van der Waals surface area contributed by atoms with Gasteiger partial charge in [-0.3, -0.25) is 0 Å². The summed E-state index contributed by atoms with van der Waals surface area (Å²) in [6.45, 7) is 2.67. The minimum Gasteiger partial charge on any atom is -0.390 e. The molecule has 0 aliphatic heterocycles. The Balaban J connectivity index is 2.08. The van der Waals surface area contributed by atoms with E-state index in [1.807, 2.05) is 6.92 Å². The summed E-state index contributed by atoms with van der Waals surface area (Å²) in [5, 5.41) is 8.91. The molecule has 8 heavy (non-hydrogen) atoms. The van der Waals surface area contributed by atoms with Gasteiger partial charge in [0, 0.05) is 6.61 Å². The van der Waals surface area contributed by atoms with Crippen molar-refractivity contribution in [2.75, 3.05) is 6.61 Å². The highest BCUT2D eigenvalue weighted by Gasteiger charge is 2.28. The molecule has 1 N–H and O–H groups in total. The van der Waals surface area contributed by atoms with Crippen LogP contribution in [0.5, 0.6) is 0 Å². The topological polar surface area (TPSA) is 29.5 Å². The van der Waals surface area contributed by atoms with Crippen molar-refractivity contribution in [1.82, 2.24) is 0 Å². The molecule has 2 nitrogen and oxygen atoms in total. The summed E-state index contributed by atoms with van der Waals surface area (Å²) >= 11 is 0. The zero-order valence-electron chi connectivity index (χ0n) is 5.13. The maximum Gasteiger partial charge on any atom is 0.0834 e. The average molecular weight is 116 g/mol. The number of hydrogen-bond donors (Lipinski definition) is 1. The van der Waals surface area contributed by atoms with Gasteiger partial charge in [0.2, 0.25) is 0 Å². The van der Waals surface area contributed by atoms with Crippen LogP contribution in [0.4, 0.5) is 0 Å². The maximum atomic E-state index is 8.91. The first-order valence-corrected chi connectivity index (χ1v) is 3.14. The Morgan fingerprint density at radius 2 is 2.38 bits per heavy atom. The van der Waals surface area contributed by atoms with Crippen molar-refractivity contribution in [2.45, 2.75) is 32.0 Å². The molecule has 48 valence electrons. The van der Waals surface area contributed by atoms with Crippen LogP contribution in [0.2, 0.25) is 0 Å². The molecule has 0 amide bonds. The Labute approximate surface area is 49.5 Å². The van der Waals surface area contributed by atoms with Gasteiger partial charge in [-0.2, -0.15) is 0 Å². The van der Waals surface area contributed by atoms with E-state index in [0.717, 1.165) is 19.4 Å². The van der Waals surface area contributed by atoms with Crippen molar-refractivity contribution >= 4 is 0 Å². The van der Waals surface area contributed by atoms with Gasteiger partial charge >= 0.3 is 0 Å². The molecule has 0 saturated heterocycles. The lowest BCUT2D eigenvalue weighted by molar-refractivity contribution is -0.0922. The average Bonchev–Trinajstić information content (AvgIpc) is 1.79. The molecule has 0 heterocycles. The third-order valence-electron chi connectivity index (χ3n) is 1.56. The molecule has 1 aliphatic carbocycles. The van der Waals surface area contributed by atoms with Crippen LogP contribution >= 0.6 is 0 Å². The lowest BCUT2D eigenvalue weighted by Gasteiger charge is -2.31. The molecule has 1 aliphatic rings. The zero-order valence-corrected chi connectivity index (χ0v) is 5.13. The number of hydrogen-bond acceptors (Lipinski definition) is 2. The fourth-order valence-corrected chi connectivity index (χ4v) is 0.860. The molecule has 2 atom stereocenters. The van der Waals surface area contributed by atoms with E-state index in [1.165, 1.54) is 0 Å². The molecule has 0 radical (unpaired) electrons. The van der Waals surface area contributed by atoms with Crippen LogP contribution in [-0.2, 0) is 4.74 Å². The normalized spacial score (nSPS) is 36.8. The van der Waals surface area contributed by atoms with E-state index in [9.17, 15) is 0 Å². The highest BCUT2D eigenvalue weighted by atomic mass is 16.5. The van der Waals surface area contributed by atoms with E-state index in [4.69, 9.17) is 9.84 Å². The third-order valence-corrected chi connectivity index (χ3v) is 1.56. The number of aliphatic hydroxyl groups excluding tert-OH is 1. The number of ether oxygens (including phenoxy) is 1. The second kappa shape index (κ2) is 2.46. The van der Waals surface area contributed by atoms with E-state index in [1.54, 1.807) is 0 Å². The van der Waals surface area contributed by atoms with Gasteiger partial charge in [0.25, 0.3) is 0 Å². The van der Waals surface area contributed by atoms with Gasteiger partial charge in [0.1, 0.15) is 0 Å². The van der Waals surface area contributed by atoms with Crippen molar-refractivity contribution in [3.8, 4) is 0 Å². The quantitative estimate of drug-likeness (QED) is 0.570. The van der Waals surface area contributed by atoms with Crippen molar-refractivity contribution < 1.29 is 9.84 Å². The summed E-state index contributed by atoms with van der Waals surface area (Å²) in [4.78, 5) is 0. The van der Waals surface area contributed by atoms with E-state index >= 15 is 0 Å². The van der Waals surface area contributed by atoms with Crippen molar-refractivity contribution in [2.24, 2.45) is 0 Å². The Kier molecular flexibility index (Phi) is 1.86. The first-order valence-electron chi connectivity index (χ1n) is 3.14. The number of aliphatic hydroxyl groups is 1. The second-order valence-corrected chi connectivity index (χ2v) is 2.14. The lowest BCUT2D eigenvalue weighted by atomic mass is 9.92. The molecule has 0 aromatic heterocycles. The van der Waals surface area contributed by atoms with Gasteiger partial charge in [-0.1, -0.05) is 0 Å². The molecule has 2 heteroatoms. The first kappa shape index (κ1) is 6.05. The van der Waals surface area contributed by atoms with Gasteiger partial charge in [-0.25, -0.2) is 0 Å². The van der Waals surface area contributed by atoms with Gasteiger partial charge in [0.15, 0.2) is 0 Å². The summed E-state index contributed by atoms with van der Waals surface area (Å²) in [7, 11) is 0. The summed E-state index contributed by atoms with van der Waals surface area (Å²) in [5.41, 5.74) is 0. The van der Waals surface area contributed by atoms with Crippen LogP contribution in [-0.4, -0.2) is 23.9 Å². The second-order valence-electron chi connectivity index (χ2n) is 2.14. The third kappa shape index (κ3) is 1.01. The summed E-state index contributed by atoms with van der Waals surface area (Å²) in [6.07, 6.45) is 1.94. The van der Waals surface area contributed by atoms with E-state index in [2.05, 4.69) is 0 Å². The Morgan fingerprint density at radius 3 is 2.50 bits per heavy atom. The van der Waals surface area contributed by atoms with Crippen LogP contribution in [0.25, 0.3) is 0 Å². The molecular weight excluding hydrogens is 104 g/mol. The van der Waals surface area contributed by atoms with E-state index in [-0.39, 0.29) is 12.2 Å². The van der Waals surface area contributed by atoms with Crippen molar-refractivity contribution in [1.29, 1.82) is 0 Å². The fourth-order valence-electron chi connectivity index (χ4n) is 0.860. The minimum absolute atomic E-state index is 0.153. The van der Waals surface area contributed by atoms with Gasteiger partial charge in [-0.05, 0) is 19.8 Å². The SMILES string of the molecule is CCOC1CCC1O. The lowest BCUT2D eigenvalue weighted by Crippen LogP contribution is -2.38. The van der Waals surface area contributed by atoms with Crippen molar-refractivity contribution in [3.05, 3.63) is 0 Å². The zero-order chi connectivity index (χ0) is 5.98. The molecule has 2 unspecified atom stereocenters. The number of rotatable bonds is 2. The summed E-state index contributed by atoms with van der Waals surface area (Å²) in [5.74, 6) is 0. The van der Waals surface area contributed by atoms with E-state index in [0.29, 0.717) is 0 Å². The molecule has 0 spiro atoms. The Hall–Kier alpha value is -0.0800. The van der Waals surface area contributed by atoms with Crippen LogP contribution in [0, 0.1) is 0 Å². The van der Waals surface area contributed by atoms with E-state index < -0.39 is 0 Å². The standard InChI is InChI=1S/C6H12O2/c1-2-8-6-4-3-5(6)7/h5-7H,2-4H2,1H3. The van der Waals surface area contributed by atoms with Gasteiger partial charge < -0.3 is 9.84 Å². The van der Waals surface area contributed by atoms with Crippen LogP contribution in [0.15, 0.2) is 0 Å². The van der Waals surface area contributed by atoms with Crippen molar-refractivity contribution in [3.63, 3.8) is 0 Å². The minimum atomic E-state index is -0.171. The fraction of sp³-hybridized carbons (Fsp3) is 1.00. The molecule has 1 saturated carbocycles. The monoisotopic (exact) mass is 116 g/mol. The molecule has 0 aromatic carbocycles. The van der Waals surface area contributed by atoms with Gasteiger partial charge in [0.05, 0.1) is 12.2 Å². The first-order chi connectivity index (χ1) is 3.84. The predicted molar refractivity (Wildman–Crippen MR) is 30.7 cm³/mol. The molecule has 0 aromatic rings. The Bertz CT molecular complexity index is 72.9. The molecule has 1 fully saturated rings. The Morgan fingerprint density at radius 1 is 1.62 bits per heavy atom. The van der Waals surface area contributed by atoms with Gasteiger partial charge in [-0.15, -0.1) is 0 Å². The van der Waals surface area contributed by atoms with Crippen LogP contribution < -0.4 is 0 Å². The summed E-state index contributed by atoms with van der Waals surface area (Å²) in [6, 6.07) is 0. The van der Waals surface area contributed by atoms with Crippen LogP contribution in [0.3, 0.4) is 0 Å². The molecule has 1 rings (SSSR count). The smallest absolute Gasteiger partial charge is 0.0834 e. The summed E-state index contributed by atoms with van der Waals surface area (Å²) < 4.78 is 5.14. The molecular formula is C6H12O2.